The molecule has 7 atom stereocenters. The van der Waals surface area contributed by atoms with E-state index in [1.807, 2.05) is 56.0 Å². The fourth-order valence-corrected chi connectivity index (χ4v) is 10.6. The molecule has 1 spiro atoms. The van der Waals surface area contributed by atoms with Crippen molar-refractivity contribution in [3.63, 3.8) is 0 Å². The lowest BCUT2D eigenvalue weighted by Crippen LogP contribution is -2.59. The van der Waals surface area contributed by atoms with Crippen LogP contribution < -0.4 is 9.64 Å². The molecule has 1 aromatic carbocycles. The van der Waals surface area contributed by atoms with Gasteiger partial charge in [-0.25, -0.2) is 0 Å². The van der Waals surface area contributed by atoms with E-state index in [0.717, 1.165) is 43.5 Å². The molecule has 5 aliphatic rings. The molecule has 44 heavy (non-hydrogen) atoms. The van der Waals surface area contributed by atoms with Crippen LogP contribution in [0, 0.1) is 17.8 Å². The van der Waals surface area contributed by atoms with Crippen LogP contribution in [0.2, 0.25) is 0 Å². The number of thioether (sulfide) groups is 1. The van der Waals surface area contributed by atoms with E-state index in [1.54, 1.807) is 21.6 Å². The standard InChI is InChI=1S/C35H47N3O5S/c1-5-23(3)27(22-39)38-30-33(42)37(24-12-8-7-9-13-24)21-11-19-35(30)29(32(38)41)28-31(40)36(20-10-18-34(28,4)44-35)25-14-16-26(17-15-25)43-6-2/h10-11,14-19,23-24,27-30,39H,5-9,12-13,20-22H2,1-4H3/t23-,27-,28+,29-,30?,34-,35-/m0/s1. The van der Waals surface area contributed by atoms with Crippen molar-refractivity contribution in [2.24, 2.45) is 17.8 Å². The maximum Gasteiger partial charge on any atom is 0.247 e. The van der Waals surface area contributed by atoms with E-state index in [-0.39, 0.29) is 36.3 Å². The summed E-state index contributed by atoms with van der Waals surface area (Å²) < 4.78 is 4.03. The second kappa shape index (κ2) is 12.2. The topological polar surface area (TPSA) is 90.4 Å². The Bertz CT molecular complexity index is 1330. The van der Waals surface area contributed by atoms with Crippen molar-refractivity contribution in [2.75, 3.05) is 31.2 Å². The number of aliphatic hydroxyl groups is 1. The summed E-state index contributed by atoms with van der Waals surface area (Å²) in [4.78, 5) is 50.0. The van der Waals surface area contributed by atoms with Crippen molar-refractivity contribution in [1.82, 2.24) is 9.80 Å². The lowest BCUT2D eigenvalue weighted by atomic mass is 9.74. The molecule has 4 aliphatic heterocycles. The minimum absolute atomic E-state index is 0.00976. The van der Waals surface area contributed by atoms with Crippen LogP contribution in [0.4, 0.5) is 5.69 Å². The molecule has 8 nitrogen and oxygen atoms in total. The number of hydrogen-bond donors (Lipinski definition) is 1. The van der Waals surface area contributed by atoms with Crippen molar-refractivity contribution in [3.05, 3.63) is 48.6 Å². The molecule has 0 bridgehead atoms. The molecule has 1 saturated carbocycles. The van der Waals surface area contributed by atoms with Gasteiger partial charge in [0.2, 0.25) is 17.7 Å². The van der Waals surface area contributed by atoms with Gasteiger partial charge in [0.1, 0.15) is 11.8 Å². The highest BCUT2D eigenvalue weighted by molar-refractivity contribution is 8.02. The second-order valence-corrected chi connectivity index (χ2v) is 15.1. The molecule has 3 amide bonds. The zero-order chi connectivity index (χ0) is 31.2. The molecule has 2 saturated heterocycles. The summed E-state index contributed by atoms with van der Waals surface area (Å²) >= 11 is 1.61. The van der Waals surface area contributed by atoms with E-state index in [2.05, 4.69) is 25.2 Å². The first-order valence-electron chi connectivity index (χ1n) is 16.5. The zero-order valence-electron chi connectivity index (χ0n) is 26.5. The minimum atomic E-state index is -0.917. The van der Waals surface area contributed by atoms with Crippen molar-refractivity contribution in [2.45, 2.75) is 93.8 Å². The van der Waals surface area contributed by atoms with E-state index in [0.29, 0.717) is 19.7 Å². The summed E-state index contributed by atoms with van der Waals surface area (Å²) in [6.07, 6.45) is 14.4. The van der Waals surface area contributed by atoms with Crippen LogP contribution in [0.5, 0.6) is 5.75 Å². The first-order valence-corrected chi connectivity index (χ1v) is 17.4. The Labute approximate surface area is 265 Å². The average Bonchev–Trinajstić information content (AvgIpc) is 3.29. The second-order valence-electron chi connectivity index (χ2n) is 13.3. The van der Waals surface area contributed by atoms with Gasteiger partial charge in [-0.2, -0.15) is 0 Å². The van der Waals surface area contributed by atoms with Crippen LogP contribution in [0.1, 0.15) is 66.2 Å². The summed E-state index contributed by atoms with van der Waals surface area (Å²) in [7, 11) is 0. The number of fused-ring (bicyclic) bond motifs is 2. The Hall–Kier alpha value is -2.78. The Balaban J connectivity index is 1.45. The van der Waals surface area contributed by atoms with E-state index in [9.17, 15) is 19.5 Å². The Morgan fingerprint density at radius 1 is 0.955 bits per heavy atom. The van der Waals surface area contributed by atoms with Gasteiger partial charge < -0.3 is 24.5 Å². The number of hydrogen-bond acceptors (Lipinski definition) is 6. The van der Waals surface area contributed by atoms with Crippen molar-refractivity contribution in [1.29, 1.82) is 0 Å². The number of carbonyl (C=O) groups excluding carboxylic acids is 3. The highest BCUT2D eigenvalue weighted by Gasteiger charge is 2.74. The predicted molar refractivity (Wildman–Crippen MR) is 173 cm³/mol. The van der Waals surface area contributed by atoms with Gasteiger partial charge in [0.15, 0.2) is 0 Å². The van der Waals surface area contributed by atoms with Gasteiger partial charge in [-0.3, -0.25) is 14.4 Å². The number of benzene rings is 1. The lowest BCUT2D eigenvalue weighted by Gasteiger charge is -2.43. The number of rotatable bonds is 8. The van der Waals surface area contributed by atoms with Crippen LogP contribution in [0.25, 0.3) is 0 Å². The fourth-order valence-electron chi connectivity index (χ4n) is 8.49. The van der Waals surface area contributed by atoms with Gasteiger partial charge in [-0.1, -0.05) is 63.8 Å². The maximum absolute atomic E-state index is 14.9. The number of likely N-dealkylation sites (tertiary alicyclic amines) is 1. The molecule has 0 radical (unpaired) electrons. The maximum atomic E-state index is 14.9. The monoisotopic (exact) mass is 621 g/mol. The SMILES string of the molecule is CCOc1ccc(N2CC=C[C@]3(C)S[C@]45C=CCN(C6CCCCC6)C(=O)C4N([C@@H](CO)[C@@H](C)CC)C(=O)[C@@H]5[C@@H]3C2=O)cc1. The summed E-state index contributed by atoms with van der Waals surface area (Å²) in [5.74, 6) is -1.00. The molecular formula is C35H47N3O5S. The molecule has 0 aromatic heterocycles. The molecule has 1 unspecified atom stereocenters. The molecule has 9 heteroatoms. The smallest absolute Gasteiger partial charge is 0.247 e. The summed E-state index contributed by atoms with van der Waals surface area (Å²) in [6, 6.07) is 6.39. The number of aliphatic hydroxyl groups excluding tert-OH is 1. The van der Waals surface area contributed by atoms with E-state index in [4.69, 9.17) is 4.74 Å². The predicted octanol–water partition coefficient (Wildman–Crippen LogP) is 4.81. The Morgan fingerprint density at radius 2 is 1.66 bits per heavy atom. The van der Waals surface area contributed by atoms with Gasteiger partial charge >= 0.3 is 0 Å². The minimum Gasteiger partial charge on any atom is -0.494 e. The summed E-state index contributed by atoms with van der Waals surface area (Å²) in [6.45, 7) is 9.32. The number of ether oxygens (including phenoxy) is 1. The number of anilines is 1. The van der Waals surface area contributed by atoms with Crippen LogP contribution in [-0.4, -0.2) is 86.6 Å². The number of amides is 3. The highest BCUT2D eigenvalue weighted by atomic mass is 32.2. The average molecular weight is 622 g/mol. The Kier molecular flexibility index (Phi) is 8.65. The van der Waals surface area contributed by atoms with E-state index < -0.39 is 33.4 Å². The normalized spacial score (nSPS) is 33.5. The third kappa shape index (κ3) is 4.89. The van der Waals surface area contributed by atoms with Crippen LogP contribution in [0.15, 0.2) is 48.6 Å². The molecule has 4 heterocycles. The molecule has 6 rings (SSSR count). The van der Waals surface area contributed by atoms with Crippen molar-refractivity contribution < 1.29 is 24.2 Å². The van der Waals surface area contributed by atoms with E-state index >= 15 is 0 Å². The highest BCUT2D eigenvalue weighted by Crippen LogP contribution is 2.66. The van der Waals surface area contributed by atoms with E-state index in [1.165, 1.54) is 6.42 Å². The van der Waals surface area contributed by atoms with Gasteiger partial charge in [0.05, 0.1) is 35.8 Å². The van der Waals surface area contributed by atoms with Gasteiger partial charge in [0, 0.05) is 29.6 Å². The molecule has 1 N–H and O–H groups in total. The summed E-state index contributed by atoms with van der Waals surface area (Å²) in [5, 5.41) is 10.7. The molecule has 238 valence electrons. The van der Waals surface area contributed by atoms with Crippen LogP contribution in [0.3, 0.4) is 0 Å². The Morgan fingerprint density at radius 3 is 2.32 bits per heavy atom. The number of carbonyl (C=O) groups is 3. The quantitative estimate of drug-likeness (QED) is 0.419. The lowest BCUT2D eigenvalue weighted by molar-refractivity contribution is -0.148. The zero-order valence-corrected chi connectivity index (χ0v) is 27.3. The molecular weight excluding hydrogens is 574 g/mol. The first kappa shape index (κ1) is 31.2. The molecule has 1 aliphatic carbocycles. The molecule has 3 fully saturated rings. The number of nitrogens with zero attached hydrogens (tertiary/aromatic N) is 3. The summed E-state index contributed by atoms with van der Waals surface area (Å²) in [5.41, 5.74) is 0.751. The van der Waals surface area contributed by atoms with Gasteiger partial charge in [-0.05, 0) is 56.9 Å². The van der Waals surface area contributed by atoms with Crippen LogP contribution >= 0.6 is 11.8 Å². The van der Waals surface area contributed by atoms with Crippen molar-refractivity contribution >= 4 is 35.2 Å². The molecule has 1 aromatic rings. The third-order valence-corrected chi connectivity index (χ3v) is 12.6. The van der Waals surface area contributed by atoms with Crippen molar-refractivity contribution in [3.8, 4) is 5.75 Å². The third-order valence-electron chi connectivity index (χ3n) is 10.8. The first-order chi connectivity index (χ1) is 21.2. The largest absolute Gasteiger partial charge is 0.494 e. The van der Waals surface area contributed by atoms with Gasteiger partial charge in [-0.15, -0.1) is 11.8 Å². The van der Waals surface area contributed by atoms with Crippen LogP contribution in [-0.2, 0) is 14.4 Å². The van der Waals surface area contributed by atoms with Gasteiger partial charge in [0.25, 0.3) is 0 Å². The fraction of sp³-hybridized carbons (Fsp3) is 0.629.